The fourth-order valence-electron chi connectivity index (χ4n) is 2.61. The van der Waals surface area contributed by atoms with Crippen molar-refractivity contribution in [2.45, 2.75) is 52.4 Å². The molecule has 0 atom stereocenters. The first-order chi connectivity index (χ1) is 14.6. The first-order valence-electron chi connectivity index (χ1n) is 10.0. The summed E-state index contributed by atoms with van der Waals surface area (Å²) in [4.78, 5) is 31.8. The number of hydrogen-bond donors (Lipinski definition) is 2. The van der Waals surface area contributed by atoms with Crippen molar-refractivity contribution in [3.05, 3.63) is 60.2 Å². The van der Waals surface area contributed by atoms with Gasteiger partial charge in [-0.2, -0.15) is 10.2 Å². The fourth-order valence-corrected chi connectivity index (χ4v) is 2.61. The summed E-state index contributed by atoms with van der Waals surface area (Å²) in [5, 5.41) is 8.19. The van der Waals surface area contributed by atoms with Crippen molar-refractivity contribution in [3.8, 4) is 0 Å². The van der Waals surface area contributed by atoms with Crippen LogP contribution in [0.15, 0.2) is 59.3 Å². The standard InChI is InChI=1S/C22H28N6O2/c1-17(19-9-7-13-23-15-19)25-27-21(29)11-5-3-4-6-12-22(30)28-26-18(2)20-10-8-14-24-16-20/h7-10,13-16H,3-6,11-12H2,1-2H3,(H,27,29)(H,28,30)/b25-17+,26-18+. The van der Waals surface area contributed by atoms with Crippen LogP contribution < -0.4 is 10.9 Å². The Morgan fingerprint density at radius 3 is 1.57 bits per heavy atom. The van der Waals surface area contributed by atoms with Gasteiger partial charge in [0.25, 0.3) is 0 Å². The van der Waals surface area contributed by atoms with Gasteiger partial charge < -0.3 is 0 Å². The molecule has 2 aromatic heterocycles. The monoisotopic (exact) mass is 408 g/mol. The topological polar surface area (TPSA) is 109 Å². The summed E-state index contributed by atoms with van der Waals surface area (Å²) in [6.45, 7) is 3.65. The van der Waals surface area contributed by atoms with Crippen molar-refractivity contribution in [1.29, 1.82) is 0 Å². The predicted octanol–water partition coefficient (Wildman–Crippen LogP) is 3.20. The Morgan fingerprint density at radius 1 is 0.767 bits per heavy atom. The summed E-state index contributed by atoms with van der Waals surface area (Å²) >= 11 is 0. The highest BCUT2D eigenvalue weighted by Crippen LogP contribution is 2.06. The number of carbonyl (C=O) groups excluding carboxylic acids is 2. The summed E-state index contributed by atoms with van der Waals surface area (Å²) in [5.41, 5.74) is 8.30. The third kappa shape index (κ3) is 8.72. The van der Waals surface area contributed by atoms with Gasteiger partial charge in [0.15, 0.2) is 0 Å². The normalized spacial score (nSPS) is 11.8. The molecule has 0 radical (unpaired) electrons. The van der Waals surface area contributed by atoms with Crippen LogP contribution >= 0.6 is 0 Å². The molecule has 30 heavy (non-hydrogen) atoms. The van der Waals surface area contributed by atoms with E-state index < -0.39 is 0 Å². The predicted molar refractivity (Wildman–Crippen MR) is 117 cm³/mol. The second-order valence-electron chi connectivity index (χ2n) is 6.86. The van der Waals surface area contributed by atoms with Crippen LogP contribution in [0.1, 0.15) is 63.5 Å². The molecule has 0 aliphatic rings. The highest BCUT2D eigenvalue weighted by atomic mass is 16.2. The van der Waals surface area contributed by atoms with Gasteiger partial charge in [-0.3, -0.25) is 19.6 Å². The van der Waals surface area contributed by atoms with E-state index >= 15 is 0 Å². The van der Waals surface area contributed by atoms with Crippen LogP contribution in [0, 0.1) is 0 Å². The molecule has 0 aliphatic heterocycles. The summed E-state index contributed by atoms with van der Waals surface area (Å²) < 4.78 is 0. The summed E-state index contributed by atoms with van der Waals surface area (Å²) in [6, 6.07) is 7.43. The second kappa shape index (κ2) is 12.9. The van der Waals surface area contributed by atoms with E-state index in [4.69, 9.17) is 0 Å². The molecule has 0 unspecified atom stereocenters. The van der Waals surface area contributed by atoms with Crippen molar-refractivity contribution >= 4 is 23.2 Å². The molecule has 2 N–H and O–H groups in total. The lowest BCUT2D eigenvalue weighted by Gasteiger charge is -2.04. The lowest BCUT2D eigenvalue weighted by Crippen LogP contribution is -2.19. The Hall–Kier alpha value is -3.42. The molecule has 2 amide bonds. The van der Waals surface area contributed by atoms with Gasteiger partial charge in [-0.25, -0.2) is 10.9 Å². The third-order valence-corrected chi connectivity index (χ3v) is 4.41. The molecule has 0 saturated heterocycles. The average molecular weight is 409 g/mol. The Bertz CT molecular complexity index is 792. The number of hydrazone groups is 2. The maximum atomic E-state index is 11.9. The van der Waals surface area contributed by atoms with E-state index in [0.29, 0.717) is 24.3 Å². The number of rotatable bonds is 11. The highest BCUT2D eigenvalue weighted by molar-refractivity contribution is 5.99. The van der Waals surface area contributed by atoms with Crippen LogP contribution in [0.2, 0.25) is 0 Å². The van der Waals surface area contributed by atoms with Gasteiger partial charge in [0.05, 0.1) is 11.4 Å². The SMILES string of the molecule is C/C(=N\NC(=O)CCCCCCC(=O)N/N=C(\C)c1cccnc1)c1cccnc1. The highest BCUT2D eigenvalue weighted by Gasteiger charge is 2.04. The first-order valence-corrected chi connectivity index (χ1v) is 10.0. The van der Waals surface area contributed by atoms with Gasteiger partial charge in [0, 0.05) is 48.8 Å². The van der Waals surface area contributed by atoms with Gasteiger partial charge >= 0.3 is 0 Å². The molecule has 0 fully saturated rings. The van der Waals surface area contributed by atoms with Crippen molar-refractivity contribution < 1.29 is 9.59 Å². The molecule has 2 rings (SSSR count). The van der Waals surface area contributed by atoms with Gasteiger partial charge in [-0.15, -0.1) is 0 Å². The lowest BCUT2D eigenvalue weighted by atomic mass is 10.1. The maximum absolute atomic E-state index is 11.9. The second-order valence-corrected chi connectivity index (χ2v) is 6.86. The van der Waals surface area contributed by atoms with Crippen molar-refractivity contribution in [3.63, 3.8) is 0 Å². The molecule has 2 heterocycles. The zero-order chi connectivity index (χ0) is 21.6. The van der Waals surface area contributed by atoms with Crippen molar-refractivity contribution in [2.24, 2.45) is 10.2 Å². The Kier molecular flexibility index (Phi) is 9.85. The van der Waals surface area contributed by atoms with Gasteiger partial charge in [-0.1, -0.05) is 25.0 Å². The molecular formula is C22H28N6O2. The number of hydrogen-bond acceptors (Lipinski definition) is 6. The minimum Gasteiger partial charge on any atom is -0.273 e. The molecule has 0 saturated carbocycles. The third-order valence-electron chi connectivity index (χ3n) is 4.41. The Morgan fingerprint density at radius 2 is 1.20 bits per heavy atom. The van der Waals surface area contributed by atoms with Crippen LogP contribution in [0.4, 0.5) is 0 Å². The quantitative estimate of drug-likeness (QED) is 0.338. The van der Waals surface area contributed by atoms with Gasteiger partial charge in [0.2, 0.25) is 11.8 Å². The van der Waals surface area contributed by atoms with Crippen molar-refractivity contribution in [2.75, 3.05) is 0 Å². The van der Waals surface area contributed by atoms with Crippen LogP contribution in [-0.4, -0.2) is 33.2 Å². The van der Waals surface area contributed by atoms with Gasteiger partial charge in [0.1, 0.15) is 0 Å². The lowest BCUT2D eigenvalue weighted by molar-refractivity contribution is -0.122. The average Bonchev–Trinajstić information content (AvgIpc) is 2.79. The number of unbranched alkanes of at least 4 members (excludes halogenated alkanes) is 3. The van der Waals surface area contributed by atoms with E-state index in [1.165, 1.54) is 0 Å². The summed E-state index contributed by atoms with van der Waals surface area (Å²) in [5.74, 6) is -0.229. The Balaban J connectivity index is 1.55. The number of pyridine rings is 2. The molecule has 0 aliphatic carbocycles. The number of nitrogens with one attached hydrogen (secondary N) is 2. The van der Waals surface area contributed by atoms with E-state index in [-0.39, 0.29) is 11.8 Å². The van der Waals surface area contributed by atoms with Crippen LogP contribution in [-0.2, 0) is 9.59 Å². The van der Waals surface area contributed by atoms with Gasteiger partial charge in [-0.05, 0) is 38.8 Å². The molecule has 2 aromatic rings. The molecule has 158 valence electrons. The molecule has 8 nitrogen and oxygen atoms in total. The zero-order valence-corrected chi connectivity index (χ0v) is 17.5. The zero-order valence-electron chi connectivity index (χ0n) is 17.5. The number of carbonyl (C=O) groups is 2. The number of amides is 2. The van der Waals surface area contributed by atoms with E-state index in [2.05, 4.69) is 31.0 Å². The molecule has 0 bridgehead atoms. The molecular weight excluding hydrogens is 380 g/mol. The first kappa shape index (κ1) is 22.9. The smallest absolute Gasteiger partial charge is 0.240 e. The number of aromatic nitrogens is 2. The minimum atomic E-state index is -0.115. The Labute approximate surface area is 176 Å². The maximum Gasteiger partial charge on any atom is 0.240 e. The van der Waals surface area contributed by atoms with E-state index in [1.807, 2.05) is 38.1 Å². The van der Waals surface area contributed by atoms with E-state index in [9.17, 15) is 9.59 Å². The van der Waals surface area contributed by atoms with Crippen LogP contribution in [0.5, 0.6) is 0 Å². The van der Waals surface area contributed by atoms with E-state index in [1.54, 1.807) is 24.8 Å². The summed E-state index contributed by atoms with van der Waals surface area (Å²) in [7, 11) is 0. The van der Waals surface area contributed by atoms with E-state index in [0.717, 1.165) is 36.8 Å². The summed E-state index contributed by atoms with van der Waals surface area (Å²) in [6.07, 6.45) is 10.9. The van der Waals surface area contributed by atoms with Crippen LogP contribution in [0.25, 0.3) is 0 Å². The number of nitrogens with zero attached hydrogens (tertiary/aromatic N) is 4. The molecule has 0 aromatic carbocycles. The van der Waals surface area contributed by atoms with Crippen LogP contribution in [0.3, 0.4) is 0 Å². The molecule has 0 spiro atoms. The van der Waals surface area contributed by atoms with Crippen molar-refractivity contribution in [1.82, 2.24) is 20.8 Å². The largest absolute Gasteiger partial charge is 0.273 e. The molecule has 8 heteroatoms. The fraction of sp³-hybridized carbons (Fsp3) is 0.364. The minimum absolute atomic E-state index is 0.115.